The van der Waals surface area contributed by atoms with Gasteiger partial charge >= 0.3 is 0 Å². The molecule has 0 saturated carbocycles. The lowest BCUT2D eigenvalue weighted by Gasteiger charge is -2.42. The Balaban J connectivity index is 2.12. The number of morpholine rings is 1. The number of primary amides is 1. The first kappa shape index (κ1) is 17.4. The molecule has 1 fully saturated rings. The van der Waals surface area contributed by atoms with Gasteiger partial charge in [-0.3, -0.25) is 9.59 Å². The van der Waals surface area contributed by atoms with Crippen molar-refractivity contribution >= 4 is 11.8 Å². The van der Waals surface area contributed by atoms with Gasteiger partial charge in [-0.2, -0.15) is 0 Å². The SMILES string of the molecule is COC[C@@H]1CN(C(=O)Cc2ccccc2C(N)=O)CC(C)(C)O1. The van der Waals surface area contributed by atoms with Crippen LogP contribution in [0.5, 0.6) is 0 Å². The van der Waals surface area contributed by atoms with Crippen molar-refractivity contribution in [2.75, 3.05) is 26.8 Å². The highest BCUT2D eigenvalue weighted by molar-refractivity contribution is 5.95. The Bertz CT molecular complexity index is 586. The molecule has 2 amide bonds. The molecule has 2 rings (SSSR count). The fraction of sp³-hybridized carbons (Fsp3) is 0.529. The summed E-state index contributed by atoms with van der Waals surface area (Å²) in [5, 5.41) is 0. The molecule has 1 atom stereocenters. The summed E-state index contributed by atoms with van der Waals surface area (Å²) in [7, 11) is 1.61. The molecule has 23 heavy (non-hydrogen) atoms. The highest BCUT2D eigenvalue weighted by atomic mass is 16.5. The van der Waals surface area contributed by atoms with Crippen LogP contribution in [0.3, 0.4) is 0 Å². The summed E-state index contributed by atoms with van der Waals surface area (Å²) in [6.45, 7) is 5.32. The van der Waals surface area contributed by atoms with E-state index in [2.05, 4.69) is 0 Å². The molecule has 2 N–H and O–H groups in total. The summed E-state index contributed by atoms with van der Waals surface area (Å²) >= 11 is 0. The van der Waals surface area contributed by atoms with Crippen LogP contribution in [-0.2, 0) is 20.7 Å². The third kappa shape index (κ3) is 4.53. The van der Waals surface area contributed by atoms with Gasteiger partial charge in [0.2, 0.25) is 11.8 Å². The first-order valence-corrected chi connectivity index (χ1v) is 7.64. The summed E-state index contributed by atoms with van der Waals surface area (Å²) in [5.74, 6) is -0.566. The highest BCUT2D eigenvalue weighted by Crippen LogP contribution is 2.22. The van der Waals surface area contributed by atoms with E-state index in [0.717, 1.165) is 0 Å². The van der Waals surface area contributed by atoms with Crippen LogP contribution in [0, 0.1) is 0 Å². The number of carbonyl (C=O) groups is 2. The molecular weight excluding hydrogens is 296 g/mol. The predicted octanol–water partition coefficient (Wildman–Crippen LogP) is 0.980. The zero-order valence-corrected chi connectivity index (χ0v) is 13.9. The van der Waals surface area contributed by atoms with Crippen LogP contribution in [0.1, 0.15) is 29.8 Å². The fourth-order valence-corrected chi connectivity index (χ4v) is 2.95. The summed E-state index contributed by atoms with van der Waals surface area (Å²) in [5.41, 5.74) is 5.98. The van der Waals surface area contributed by atoms with Gasteiger partial charge in [0, 0.05) is 25.8 Å². The van der Waals surface area contributed by atoms with E-state index < -0.39 is 11.5 Å². The molecule has 6 nitrogen and oxygen atoms in total. The molecule has 6 heteroatoms. The van der Waals surface area contributed by atoms with Crippen LogP contribution in [0.4, 0.5) is 0 Å². The van der Waals surface area contributed by atoms with E-state index >= 15 is 0 Å². The van der Waals surface area contributed by atoms with Gasteiger partial charge in [-0.15, -0.1) is 0 Å². The smallest absolute Gasteiger partial charge is 0.248 e. The molecule has 126 valence electrons. The Kier molecular flexibility index (Phi) is 5.38. The Labute approximate surface area is 136 Å². The lowest BCUT2D eigenvalue weighted by atomic mass is 10.0. The fourth-order valence-electron chi connectivity index (χ4n) is 2.95. The van der Waals surface area contributed by atoms with Crippen LogP contribution in [0.25, 0.3) is 0 Å². The second kappa shape index (κ2) is 7.10. The summed E-state index contributed by atoms with van der Waals surface area (Å²) in [6, 6.07) is 6.94. The largest absolute Gasteiger partial charge is 0.382 e. The van der Waals surface area contributed by atoms with Crippen molar-refractivity contribution < 1.29 is 19.1 Å². The van der Waals surface area contributed by atoms with Gasteiger partial charge in [-0.1, -0.05) is 18.2 Å². The number of carbonyl (C=O) groups excluding carboxylic acids is 2. The minimum absolute atomic E-state index is 0.0452. The third-order valence-corrected chi connectivity index (χ3v) is 3.81. The number of hydrogen-bond acceptors (Lipinski definition) is 4. The summed E-state index contributed by atoms with van der Waals surface area (Å²) in [4.78, 5) is 25.9. The Morgan fingerprint density at radius 3 is 2.74 bits per heavy atom. The number of ether oxygens (including phenoxy) is 2. The average molecular weight is 320 g/mol. The van der Waals surface area contributed by atoms with Gasteiger partial charge in [0.15, 0.2) is 0 Å². The number of methoxy groups -OCH3 is 1. The molecule has 1 aromatic carbocycles. The number of nitrogens with two attached hydrogens (primary N) is 1. The zero-order valence-electron chi connectivity index (χ0n) is 13.9. The Morgan fingerprint density at radius 2 is 2.09 bits per heavy atom. The van der Waals surface area contributed by atoms with Crippen molar-refractivity contribution in [1.29, 1.82) is 0 Å². The Hall–Kier alpha value is -1.92. The van der Waals surface area contributed by atoms with Gasteiger partial charge in [-0.25, -0.2) is 0 Å². The van der Waals surface area contributed by atoms with Gasteiger partial charge in [-0.05, 0) is 25.5 Å². The maximum atomic E-state index is 12.7. The van der Waals surface area contributed by atoms with Crippen LogP contribution >= 0.6 is 0 Å². The van der Waals surface area contributed by atoms with Crippen molar-refractivity contribution in [3.05, 3.63) is 35.4 Å². The standard InChI is InChI=1S/C17H24N2O4/c1-17(2)11-19(9-13(23-17)10-22-3)15(20)8-12-6-4-5-7-14(12)16(18)21/h4-7,13H,8-11H2,1-3H3,(H2,18,21)/t13-/m0/s1. The van der Waals surface area contributed by atoms with E-state index in [-0.39, 0.29) is 18.4 Å². The van der Waals surface area contributed by atoms with Crippen molar-refractivity contribution in [3.63, 3.8) is 0 Å². The second-order valence-corrected chi connectivity index (χ2v) is 6.43. The molecule has 1 heterocycles. The molecule has 1 aliphatic heterocycles. The van der Waals surface area contributed by atoms with Crippen molar-refractivity contribution in [1.82, 2.24) is 4.90 Å². The molecule has 0 aliphatic carbocycles. The second-order valence-electron chi connectivity index (χ2n) is 6.43. The molecule has 1 saturated heterocycles. The Morgan fingerprint density at radius 1 is 1.39 bits per heavy atom. The van der Waals surface area contributed by atoms with E-state index in [1.807, 2.05) is 13.8 Å². The van der Waals surface area contributed by atoms with Crippen LogP contribution in [0.15, 0.2) is 24.3 Å². The first-order valence-electron chi connectivity index (χ1n) is 7.64. The number of rotatable bonds is 5. The number of amides is 2. The van der Waals surface area contributed by atoms with Crippen LogP contribution < -0.4 is 5.73 Å². The maximum absolute atomic E-state index is 12.7. The minimum Gasteiger partial charge on any atom is -0.382 e. The molecule has 0 spiro atoms. The lowest BCUT2D eigenvalue weighted by Crippen LogP contribution is -2.56. The minimum atomic E-state index is -0.520. The van der Waals surface area contributed by atoms with Crippen molar-refractivity contribution in [2.24, 2.45) is 5.73 Å². The number of benzene rings is 1. The van der Waals surface area contributed by atoms with Crippen molar-refractivity contribution in [2.45, 2.75) is 32.0 Å². The topological polar surface area (TPSA) is 81.9 Å². The third-order valence-electron chi connectivity index (χ3n) is 3.81. The number of nitrogens with zero attached hydrogens (tertiary/aromatic N) is 1. The lowest BCUT2D eigenvalue weighted by molar-refractivity contribution is -0.168. The van der Waals surface area contributed by atoms with E-state index in [1.165, 1.54) is 0 Å². The van der Waals surface area contributed by atoms with Crippen LogP contribution in [-0.4, -0.2) is 55.2 Å². The maximum Gasteiger partial charge on any atom is 0.248 e. The molecular formula is C17H24N2O4. The molecule has 0 unspecified atom stereocenters. The quantitative estimate of drug-likeness (QED) is 0.877. The van der Waals surface area contributed by atoms with Gasteiger partial charge in [0.1, 0.15) is 0 Å². The van der Waals surface area contributed by atoms with Gasteiger partial charge < -0.3 is 20.1 Å². The first-order chi connectivity index (χ1) is 10.8. The van der Waals surface area contributed by atoms with Gasteiger partial charge in [0.25, 0.3) is 0 Å². The predicted molar refractivity (Wildman–Crippen MR) is 86.1 cm³/mol. The normalized spacial score (nSPS) is 20.3. The summed E-state index contributed by atoms with van der Waals surface area (Å²) in [6.07, 6.45) is -0.00591. The zero-order chi connectivity index (χ0) is 17.0. The summed E-state index contributed by atoms with van der Waals surface area (Å²) < 4.78 is 11.1. The monoisotopic (exact) mass is 320 g/mol. The van der Waals surface area contributed by atoms with E-state index in [9.17, 15) is 9.59 Å². The van der Waals surface area contributed by atoms with E-state index in [4.69, 9.17) is 15.2 Å². The average Bonchev–Trinajstić information content (AvgIpc) is 2.46. The molecule has 0 bridgehead atoms. The molecule has 1 aliphatic rings. The van der Waals surface area contributed by atoms with Crippen LogP contribution in [0.2, 0.25) is 0 Å². The molecule has 1 aromatic rings. The van der Waals surface area contributed by atoms with Crippen molar-refractivity contribution in [3.8, 4) is 0 Å². The molecule has 0 radical (unpaired) electrons. The molecule has 0 aromatic heterocycles. The van der Waals surface area contributed by atoms with E-state index in [1.54, 1.807) is 36.3 Å². The van der Waals surface area contributed by atoms with E-state index in [0.29, 0.717) is 30.8 Å². The highest BCUT2D eigenvalue weighted by Gasteiger charge is 2.35. The number of hydrogen-bond donors (Lipinski definition) is 1. The van der Waals surface area contributed by atoms with Gasteiger partial charge in [0.05, 0.1) is 24.7 Å².